The molecular weight excluding hydrogens is 324 g/mol. The van der Waals surface area contributed by atoms with Crippen LogP contribution in [0.25, 0.3) is 5.78 Å². The summed E-state index contributed by atoms with van der Waals surface area (Å²) in [7, 11) is 1.89. The van der Waals surface area contributed by atoms with Crippen LogP contribution < -0.4 is 5.32 Å². The Kier molecular flexibility index (Phi) is 3.66. The first kappa shape index (κ1) is 13.4. The molecule has 7 nitrogen and oxygen atoms in total. The van der Waals surface area contributed by atoms with E-state index in [1.807, 2.05) is 11.9 Å². The van der Waals surface area contributed by atoms with Gasteiger partial charge in [0.1, 0.15) is 0 Å². The molecule has 0 aromatic carbocycles. The molecule has 1 aliphatic heterocycles. The van der Waals surface area contributed by atoms with E-state index in [2.05, 4.69) is 36.3 Å². The summed E-state index contributed by atoms with van der Waals surface area (Å²) in [5.41, 5.74) is 0. The molecule has 1 atom stereocenters. The van der Waals surface area contributed by atoms with Crippen LogP contribution in [-0.4, -0.2) is 56.6 Å². The zero-order chi connectivity index (χ0) is 14.1. The summed E-state index contributed by atoms with van der Waals surface area (Å²) in [6.45, 7) is 1.56. The van der Waals surface area contributed by atoms with Crippen LogP contribution in [0.2, 0.25) is 0 Å². The van der Waals surface area contributed by atoms with E-state index in [-0.39, 0.29) is 17.8 Å². The summed E-state index contributed by atoms with van der Waals surface area (Å²) < 4.78 is 2.31. The van der Waals surface area contributed by atoms with Gasteiger partial charge >= 0.3 is 0 Å². The maximum Gasteiger partial charge on any atom is 0.293 e. The van der Waals surface area contributed by atoms with Gasteiger partial charge in [-0.05, 0) is 35.8 Å². The maximum absolute atomic E-state index is 12.5. The average molecular weight is 339 g/mol. The number of carbonyl (C=O) groups is 1. The third kappa shape index (κ3) is 2.40. The standard InChI is InChI=1S/C12H15BrN6O/c1-14-6-9-3-2-4-18(9)11(20)10-16-12-15-5-8(13)7-19(12)17-10/h5,7,9,14H,2-4,6H2,1H3. The molecule has 1 fully saturated rings. The van der Waals surface area contributed by atoms with Gasteiger partial charge in [-0.1, -0.05) is 0 Å². The monoisotopic (exact) mass is 338 g/mol. The highest BCUT2D eigenvalue weighted by molar-refractivity contribution is 9.10. The van der Waals surface area contributed by atoms with Crippen LogP contribution in [0.15, 0.2) is 16.9 Å². The van der Waals surface area contributed by atoms with Crippen LogP contribution in [0.4, 0.5) is 0 Å². The van der Waals surface area contributed by atoms with E-state index in [0.717, 1.165) is 30.4 Å². The average Bonchev–Trinajstić information content (AvgIpc) is 3.04. The zero-order valence-corrected chi connectivity index (χ0v) is 12.7. The Bertz CT molecular complexity index is 642. The number of rotatable bonds is 3. The molecule has 1 amide bonds. The second kappa shape index (κ2) is 5.45. The van der Waals surface area contributed by atoms with Crippen molar-refractivity contribution in [2.24, 2.45) is 0 Å². The first-order chi connectivity index (χ1) is 9.69. The van der Waals surface area contributed by atoms with Crippen LogP contribution in [0.1, 0.15) is 23.5 Å². The Labute approximate surface area is 124 Å². The highest BCUT2D eigenvalue weighted by Crippen LogP contribution is 2.19. The van der Waals surface area contributed by atoms with Crippen LogP contribution in [0.3, 0.4) is 0 Å². The number of nitrogens with zero attached hydrogens (tertiary/aromatic N) is 5. The van der Waals surface area contributed by atoms with Crippen LogP contribution >= 0.6 is 15.9 Å². The number of hydrogen-bond donors (Lipinski definition) is 1. The molecule has 2 aromatic rings. The van der Waals surface area contributed by atoms with Gasteiger partial charge in [0.2, 0.25) is 5.82 Å². The van der Waals surface area contributed by atoms with E-state index in [1.54, 1.807) is 12.4 Å². The third-order valence-electron chi connectivity index (χ3n) is 3.43. The molecule has 106 valence electrons. The van der Waals surface area contributed by atoms with Crippen LogP contribution in [0.5, 0.6) is 0 Å². The van der Waals surface area contributed by atoms with Gasteiger partial charge in [0.15, 0.2) is 0 Å². The Balaban J connectivity index is 1.88. The number of fused-ring (bicyclic) bond motifs is 1. The Morgan fingerprint density at radius 1 is 1.60 bits per heavy atom. The van der Waals surface area contributed by atoms with Crippen molar-refractivity contribution in [3.63, 3.8) is 0 Å². The maximum atomic E-state index is 12.5. The second-order valence-electron chi connectivity index (χ2n) is 4.80. The van der Waals surface area contributed by atoms with Crippen LogP contribution in [-0.2, 0) is 0 Å². The quantitative estimate of drug-likeness (QED) is 0.892. The van der Waals surface area contributed by atoms with Crippen molar-refractivity contribution >= 4 is 27.6 Å². The van der Waals surface area contributed by atoms with Crippen molar-refractivity contribution in [1.82, 2.24) is 29.8 Å². The summed E-state index contributed by atoms with van der Waals surface area (Å²) in [4.78, 5) is 22.7. The molecule has 1 N–H and O–H groups in total. The van der Waals surface area contributed by atoms with Gasteiger partial charge in [-0.3, -0.25) is 4.79 Å². The molecular formula is C12H15BrN6O. The second-order valence-corrected chi connectivity index (χ2v) is 5.72. The Morgan fingerprint density at radius 3 is 3.25 bits per heavy atom. The minimum atomic E-state index is -0.121. The predicted molar refractivity (Wildman–Crippen MR) is 76.5 cm³/mol. The topological polar surface area (TPSA) is 75.4 Å². The molecule has 0 radical (unpaired) electrons. The summed E-state index contributed by atoms with van der Waals surface area (Å²) >= 11 is 3.32. The molecule has 0 bridgehead atoms. The Hall–Kier alpha value is -1.54. The van der Waals surface area contributed by atoms with E-state index in [9.17, 15) is 4.79 Å². The molecule has 0 spiro atoms. The number of likely N-dealkylation sites (N-methyl/N-ethyl adjacent to an activating group) is 1. The lowest BCUT2D eigenvalue weighted by Crippen LogP contribution is -2.41. The summed E-state index contributed by atoms with van der Waals surface area (Å²) in [5, 5.41) is 7.34. The van der Waals surface area contributed by atoms with Gasteiger partial charge in [0.25, 0.3) is 11.7 Å². The van der Waals surface area contributed by atoms with E-state index in [4.69, 9.17) is 0 Å². The van der Waals surface area contributed by atoms with Crippen molar-refractivity contribution in [3.8, 4) is 0 Å². The zero-order valence-electron chi connectivity index (χ0n) is 11.1. The molecule has 3 heterocycles. The SMILES string of the molecule is CNCC1CCCN1C(=O)c1nc2ncc(Br)cn2n1. The molecule has 1 aliphatic rings. The molecule has 0 aliphatic carbocycles. The summed E-state index contributed by atoms with van der Waals surface area (Å²) in [6.07, 6.45) is 5.41. The normalized spacial score (nSPS) is 18.9. The smallest absolute Gasteiger partial charge is 0.293 e. The van der Waals surface area contributed by atoms with Crippen molar-refractivity contribution in [2.75, 3.05) is 20.1 Å². The van der Waals surface area contributed by atoms with Crippen molar-refractivity contribution < 1.29 is 4.79 Å². The summed E-state index contributed by atoms with van der Waals surface area (Å²) in [6, 6.07) is 0.221. The summed E-state index contributed by atoms with van der Waals surface area (Å²) in [5.74, 6) is 0.517. The molecule has 2 aromatic heterocycles. The van der Waals surface area contributed by atoms with Crippen molar-refractivity contribution in [3.05, 3.63) is 22.7 Å². The van der Waals surface area contributed by atoms with Gasteiger partial charge in [0, 0.05) is 31.5 Å². The fourth-order valence-electron chi connectivity index (χ4n) is 2.53. The number of aromatic nitrogens is 4. The van der Waals surface area contributed by atoms with E-state index in [1.165, 1.54) is 4.52 Å². The third-order valence-corrected chi connectivity index (χ3v) is 3.84. The highest BCUT2D eigenvalue weighted by Gasteiger charge is 2.31. The molecule has 20 heavy (non-hydrogen) atoms. The first-order valence-corrected chi connectivity index (χ1v) is 7.32. The lowest BCUT2D eigenvalue weighted by Gasteiger charge is -2.22. The predicted octanol–water partition coefficient (Wildman–Crippen LogP) is 0.711. The van der Waals surface area contributed by atoms with Gasteiger partial charge in [0.05, 0.1) is 4.47 Å². The number of halogens is 1. The fourth-order valence-corrected chi connectivity index (χ4v) is 2.83. The van der Waals surface area contributed by atoms with Gasteiger partial charge in [-0.25, -0.2) is 9.50 Å². The first-order valence-electron chi connectivity index (χ1n) is 6.52. The molecule has 8 heteroatoms. The van der Waals surface area contributed by atoms with Gasteiger partial charge in [-0.15, -0.1) is 5.10 Å². The number of nitrogens with one attached hydrogen (secondary N) is 1. The van der Waals surface area contributed by atoms with E-state index >= 15 is 0 Å². The number of hydrogen-bond acceptors (Lipinski definition) is 5. The highest BCUT2D eigenvalue weighted by atomic mass is 79.9. The molecule has 1 unspecified atom stereocenters. The number of amides is 1. The van der Waals surface area contributed by atoms with Gasteiger partial charge in [-0.2, -0.15) is 4.98 Å². The minimum absolute atomic E-state index is 0.121. The van der Waals surface area contributed by atoms with Crippen molar-refractivity contribution in [1.29, 1.82) is 0 Å². The minimum Gasteiger partial charge on any atom is -0.332 e. The van der Waals surface area contributed by atoms with E-state index in [0.29, 0.717) is 5.78 Å². The Morgan fingerprint density at radius 2 is 2.45 bits per heavy atom. The number of likely N-dealkylation sites (tertiary alicyclic amines) is 1. The number of carbonyl (C=O) groups excluding carboxylic acids is 1. The lowest BCUT2D eigenvalue weighted by molar-refractivity contribution is 0.0725. The molecule has 0 saturated carbocycles. The lowest BCUT2D eigenvalue weighted by atomic mass is 10.2. The van der Waals surface area contributed by atoms with Crippen LogP contribution in [0, 0.1) is 0 Å². The van der Waals surface area contributed by atoms with E-state index < -0.39 is 0 Å². The largest absolute Gasteiger partial charge is 0.332 e. The van der Waals surface area contributed by atoms with Crippen molar-refractivity contribution in [2.45, 2.75) is 18.9 Å². The molecule has 3 rings (SSSR count). The molecule has 1 saturated heterocycles. The van der Waals surface area contributed by atoms with Gasteiger partial charge < -0.3 is 10.2 Å². The fraction of sp³-hybridized carbons (Fsp3) is 0.500.